The number of ether oxygens (including phenoxy) is 4. The normalized spacial score (nSPS) is 14.8. The molecule has 2 aliphatic rings. The summed E-state index contributed by atoms with van der Waals surface area (Å²) in [5, 5.41) is 12.0. The van der Waals surface area contributed by atoms with Crippen molar-refractivity contribution in [1.29, 1.82) is 0 Å². The van der Waals surface area contributed by atoms with Crippen molar-refractivity contribution >= 4 is 35.0 Å². The van der Waals surface area contributed by atoms with Gasteiger partial charge in [0.1, 0.15) is 59.9 Å². The zero-order valence-corrected chi connectivity index (χ0v) is 51.4. The van der Waals surface area contributed by atoms with Crippen LogP contribution in [0.5, 0.6) is 23.0 Å². The number of H-pyrrole nitrogens is 2. The molecule has 0 saturated heterocycles. The van der Waals surface area contributed by atoms with E-state index in [1.165, 1.54) is 38.5 Å². The van der Waals surface area contributed by atoms with Gasteiger partial charge >= 0.3 is 0 Å². The van der Waals surface area contributed by atoms with E-state index in [9.17, 15) is 37.5 Å². The van der Waals surface area contributed by atoms with Gasteiger partial charge < -0.3 is 60.0 Å². The molecule has 0 fully saturated rings. The van der Waals surface area contributed by atoms with Gasteiger partial charge in [-0.3, -0.25) is 28.8 Å². The molecule has 2 aromatic heterocycles. The predicted molar refractivity (Wildman–Crippen MR) is 333 cm³/mol. The van der Waals surface area contributed by atoms with Crippen molar-refractivity contribution in [1.82, 2.24) is 31.2 Å². The summed E-state index contributed by atoms with van der Waals surface area (Å²) in [4.78, 5) is 93.0. The van der Waals surface area contributed by atoms with E-state index in [1.807, 2.05) is 41.5 Å². The second kappa shape index (κ2) is 28.5. The molecule has 4 heterocycles. The number of aromatic nitrogens is 2. The van der Waals surface area contributed by atoms with Crippen LogP contribution >= 0.6 is 0 Å². The van der Waals surface area contributed by atoms with E-state index in [1.54, 1.807) is 96.7 Å². The van der Waals surface area contributed by atoms with Gasteiger partial charge in [-0.05, 0) is 121 Å². The van der Waals surface area contributed by atoms with E-state index in [0.717, 1.165) is 11.1 Å². The average Bonchev–Trinajstić information content (AvgIpc) is 2.55. The molecule has 4 atom stereocenters. The number of carbonyl (C=O) groups excluding carboxylic acids is 4. The van der Waals surface area contributed by atoms with Crippen LogP contribution in [0.1, 0.15) is 99.2 Å². The maximum atomic E-state index is 14.8. The fourth-order valence-corrected chi connectivity index (χ4v) is 11.2. The monoisotopic (exact) mass is 1200 g/mol. The number of nitrogens with one attached hydrogen (secondary N) is 6. The quantitative estimate of drug-likeness (QED) is 0.0348. The number of benzene rings is 4. The summed E-state index contributed by atoms with van der Waals surface area (Å²) in [7, 11) is 6.35. The maximum absolute atomic E-state index is 14.8. The molecule has 0 aliphatic carbocycles. The summed E-state index contributed by atoms with van der Waals surface area (Å²) < 4.78 is 50.9. The van der Waals surface area contributed by atoms with Crippen molar-refractivity contribution in [2.75, 3.05) is 64.4 Å². The van der Waals surface area contributed by atoms with E-state index in [2.05, 4.69) is 54.9 Å². The molecule has 6 aromatic rings. The third-order valence-corrected chi connectivity index (χ3v) is 16.0. The standard InChI is InChI=1S/C68H76F2N8O10/c1-11-51(71-7)63(81)73-53(65(83)77-39-67(3,4)59-55(77)35-45(61(79)75-59)31-41-17-23-47(69)24-18-41)33-43-21-27-49(37-57(43)85-9)87-29-15-13-14-16-30-88-50-28-22-44(58(38-50)86-10)34-54(74-64(82)52(12-2)72-8)66(84)78-40-68(5,6)60-56(78)36-46(62(80)76-60)32-42-19-25-48(70)26-20-42/h17-28,35-38,51-54,71-72H,11-12,29-34,39-40H2,1-10H3,(H,73,81)(H,74,82)(H,75,79)(H,76,80)/t51-,52-,53-,54-/m0/s1. The second-order valence-corrected chi connectivity index (χ2v) is 23.1. The molecule has 0 radical (unpaired) electrons. The fourth-order valence-electron chi connectivity index (χ4n) is 11.2. The number of carbonyl (C=O) groups is 4. The number of likely N-dealkylation sites (N-methyl/N-ethyl adjacent to an activating group) is 2. The number of anilines is 2. The van der Waals surface area contributed by atoms with Crippen LogP contribution < -0.4 is 61.1 Å². The predicted octanol–water partition coefficient (Wildman–Crippen LogP) is 6.70. The number of methoxy groups -OCH3 is 2. The minimum atomic E-state index is -1.05. The van der Waals surface area contributed by atoms with E-state index >= 15 is 0 Å². The highest BCUT2D eigenvalue weighted by molar-refractivity contribution is 6.03. The van der Waals surface area contributed by atoms with Gasteiger partial charge in [0, 0.05) is 84.3 Å². The molecule has 0 bridgehead atoms. The lowest BCUT2D eigenvalue weighted by Gasteiger charge is -2.28. The summed E-state index contributed by atoms with van der Waals surface area (Å²) in [6.07, 6.45) is 1.49. The number of amides is 4. The van der Waals surface area contributed by atoms with E-state index < -0.39 is 46.6 Å². The topological polar surface area (TPSA) is 226 Å². The van der Waals surface area contributed by atoms with Gasteiger partial charge in [0.05, 0.1) is 37.7 Å². The van der Waals surface area contributed by atoms with Crippen molar-refractivity contribution in [3.8, 4) is 46.7 Å². The second-order valence-electron chi connectivity index (χ2n) is 23.1. The first-order valence-corrected chi connectivity index (χ1v) is 29.3. The highest BCUT2D eigenvalue weighted by Crippen LogP contribution is 2.41. The Morgan fingerprint density at radius 2 is 0.932 bits per heavy atom. The summed E-state index contributed by atoms with van der Waals surface area (Å²) in [6.45, 7) is 11.9. The van der Waals surface area contributed by atoms with Crippen LogP contribution in [0, 0.1) is 35.3 Å². The molecule has 18 nitrogen and oxygen atoms in total. The molecule has 88 heavy (non-hydrogen) atoms. The number of hydrogen-bond donors (Lipinski definition) is 6. The minimum Gasteiger partial charge on any atom is -0.496 e. The first-order chi connectivity index (χ1) is 42.1. The van der Waals surface area contributed by atoms with Crippen LogP contribution in [0.25, 0.3) is 0 Å². The summed E-state index contributed by atoms with van der Waals surface area (Å²) in [5.41, 5.74) is 3.88. The largest absolute Gasteiger partial charge is 0.496 e. The van der Waals surface area contributed by atoms with Crippen molar-refractivity contribution in [3.63, 3.8) is 0 Å². The van der Waals surface area contributed by atoms with E-state index in [0.29, 0.717) is 80.9 Å². The van der Waals surface area contributed by atoms with Gasteiger partial charge in [0.2, 0.25) is 23.6 Å². The molecule has 20 heteroatoms. The highest BCUT2D eigenvalue weighted by Gasteiger charge is 2.44. The van der Waals surface area contributed by atoms with Crippen molar-refractivity contribution < 1.29 is 46.9 Å². The van der Waals surface area contributed by atoms with Gasteiger partial charge in [-0.2, -0.15) is 0 Å². The average molecular weight is 1200 g/mol. The SMILES string of the molecule is CC[C@H](NC)C(=O)N[C@@H](Cc1ccc(OCC#CC#CCOc2ccc(C[C@H](NC(=O)[C@H](CC)NC)C(=O)N3CC(C)(C)c4[nH]c(=O)c(Cc5ccc(F)cc5)cc43)c(OC)c2)cc1OC)C(=O)N1CC(C)(C)c2[nH]c(=O)c(Cc3ccc(F)cc3)cc21. The molecule has 4 aromatic carbocycles. The van der Waals surface area contributed by atoms with Gasteiger partial charge in [-0.15, -0.1) is 0 Å². The summed E-state index contributed by atoms with van der Waals surface area (Å²) in [6, 6.07) is 22.3. The van der Waals surface area contributed by atoms with Crippen LogP contribution in [-0.2, 0) is 55.7 Å². The van der Waals surface area contributed by atoms with E-state index in [4.69, 9.17) is 18.9 Å². The van der Waals surface area contributed by atoms with Crippen LogP contribution in [0.15, 0.2) is 107 Å². The Morgan fingerprint density at radius 1 is 0.557 bits per heavy atom. The fraction of sp³-hybridized carbons (Fsp3) is 0.382. The molecule has 0 unspecified atom stereocenters. The Hall–Kier alpha value is -9.24. The number of halogens is 2. The van der Waals surface area contributed by atoms with Gasteiger partial charge in [-0.1, -0.05) is 77.9 Å². The molecular formula is C68H76F2N8O10. The lowest BCUT2D eigenvalue weighted by atomic mass is 9.91. The lowest BCUT2D eigenvalue weighted by Crippen LogP contribution is -2.54. The Balaban J connectivity index is 0.911. The summed E-state index contributed by atoms with van der Waals surface area (Å²) in [5.74, 6) is 10.7. The van der Waals surface area contributed by atoms with E-state index in [-0.39, 0.29) is 86.7 Å². The molecule has 8 rings (SSSR count). The van der Waals surface area contributed by atoms with Crippen LogP contribution in [0.3, 0.4) is 0 Å². The molecule has 462 valence electrons. The smallest absolute Gasteiger partial charge is 0.251 e. The Kier molecular flexibility index (Phi) is 21.0. The Bertz CT molecular complexity index is 3550. The Labute approximate surface area is 511 Å². The van der Waals surface area contributed by atoms with Crippen molar-refractivity contribution in [2.45, 2.75) is 115 Å². The molecule has 0 saturated carbocycles. The minimum absolute atomic E-state index is 0.0240. The number of nitrogens with zero attached hydrogens (tertiary/aromatic N) is 2. The van der Waals surface area contributed by atoms with Crippen LogP contribution in [-0.4, -0.2) is 112 Å². The third kappa shape index (κ3) is 15.3. The number of hydrogen-bond acceptors (Lipinski definition) is 12. The molecular weight excluding hydrogens is 1130 g/mol. The molecule has 0 spiro atoms. The highest BCUT2D eigenvalue weighted by atomic mass is 19.1. The third-order valence-electron chi connectivity index (χ3n) is 16.0. The van der Waals surface area contributed by atoms with Crippen molar-refractivity contribution in [2.24, 2.45) is 0 Å². The molecule has 6 N–H and O–H groups in total. The zero-order valence-electron chi connectivity index (χ0n) is 51.4. The van der Waals surface area contributed by atoms with Gasteiger partial charge in [0.25, 0.3) is 11.1 Å². The first-order valence-electron chi connectivity index (χ1n) is 29.3. The van der Waals surface area contributed by atoms with Gasteiger partial charge in [0.15, 0.2) is 0 Å². The maximum Gasteiger partial charge on any atom is 0.251 e. The number of pyridine rings is 2. The van der Waals surface area contributed by atoms with Gasteiger partial charge in [-0.25, -0.2) is 8.78 Å². The number of rotatable bonds is 24. The number of aromatic amines is 2. The Morgan fingerprint density at radius 3 is 1.27 bits per heavy atom. The first kappa shape index (κ1) is 64.8. The lowest BCUT2D eigenvalue weighted by molar-refractivity contribution is -0.128. The number of fused-ring (bicyclic) bond motifs is 2. The summed E-state index contributed by atoms with van der Waals surface area (Å²) >= 11 is 0. The van der Waals surface area contributed by atoms with Crippen molar-refractivity contribution in [3.05, 3.63) is 174 Å². The molecule has 4 amide bonds. The zero-order chi connectivity index (χ0) is 63.5. The van der Waals surface area contributed by atoms with Crippen LogP contribution in [0.2, 0.25) is 0 Å². The van der Waals surface area contributed by atoms with Crippen LogP contribution in [0.4, 0.5) is 20.2 Å². The molecule has 2 aliphatic heterocycles.